The van der Waals surface area contributed by atoms with Gasteiger partial charge in [-0.25, -0.2) is 8.42 Å². The molecule has 220 valence electrons. The van der Waals surface area contributed by atoms with E-state index in [4.69, 9.17) is 4.74 Å². The third-order valence-corrected chi connectivity index (χ3v) is 8.69. The lowest BCUT2D eigenvalue weighted by atomic mass is 10.1. The van der Waals surface area contributed by atoms with E-state index in [0.29, 0.717) is 24.5 Å². The minimum absolute atomic E-state index is 0.0329. The second kappa shape index (κ2) is 14.7. The highest BCUT2D eigenvalue weighted by atomic mass is 32.2. The summed E-state index contributed by atoms with van der Waals surface area (Å²) in [6, 6.07) is 21.7. The van der Waals surface area contributed by atoms with Gasteiger partial charge in [-0.2, -0.15) is 0 Å². The molecule has 0 fully saturated rings. The highest BCUT2D eigenvalue weighted by Gasteiger charge is 2.34. The SMILES string of the molecule is CCOc1ccc(S(=O)(=O)N(CC(=O)N(Cc2ccccc2)[C@@H](CC)C(=O)N[C@@H](C)CC)c2ccc(C)cc2)cc1. The Kier molecular flexibility index (Phi) is 11.3. The molecule has 0 aliphatic carbocycles. The van der Waals surface area contributed by atoms with Crippen LogP contribution in [-0.4, -0.2) is 50.4 Å². The Morgan fingerprint density at radius 2 is 1.51 bits per heavy atom. The summed E-state index contributed by atoms with van der Waals surface area (Å²) in [5, 5.41) is 2.99. The molecule has 0 aliphatic rings. The van der Waals surface area contributed by atoms with Gasteiger partial charge in [-0.1, -0.05) is 61.9 Å². The van der Waals surface area contributed by atoms with Crippen LogP contribution in [0.25, 0.3) is 0 Å². The highest BCUT2D eigenvalue weighted by Crippen LogP contribution is 2.26. The Morgan fingerprint density at radius 1 is 0.878 bits per heavy atom. The number of anilines is 1. The first-order valence-electron chi connectivity index (χ1n) is 14.1. The Balaban J connectivity index is 2.03. The Hall–Kier alpha value is -3.85. The van der Waals surface area contributed by atoms with E-state index in [1.165, 1.54) is 17.0 Å². The van der Waals surface area contributed by atoms with Gasteiger partial charge in [0.2, 0.25) is 11.8 Å². The lowest BCUT2D eigenvalue weighted by Gasteiger charge is -2.33. The van der Waals surface area contributed by atoms with Gasteiger partial charge < -0.3 is 15.0 Å². The van der Waals surface area contributed by atoms with Crippen molar-refractivity contribution in [3.05, 3.63) is 90.0 Å². The lowest BCUT2D eigenvalue weighted by molar-refractivity contribution is -0.140. The van der Waals surface area contributed by atoms with Gasteiger partial charge in [-0.15, -0.1) is 0 Å². The lowest BCUT2D eigenvalue weighted by Crippen LogP contribution is -2.53. The predicted octanol–water partition coefficient (Wildman–Crippen LogP) is 5.31. The van der Waals surface area contributed by atoms with E-state index in [9.17, 15) is 18.0 Å². The molecular formula is C32H41N3O5S. The molecule has 2 atom stereocenters. The summed E-state index contributed by atoms with van der Waals surface area (Å²) in [5.74, 6) is -0.186. The second-order valence-corrected chi connectivity index (χ2v) is 11.9. The van der Waals surface area contributed by atoms with Crippen molar-refractivity contribution in [2.24, 2.45) is 0 Å². The number of ether oxygens (including phenoxy) is 1. The smallest absolute Gasteiger partial charge is 0.264 e. The molecule has 9 heteroatoms. The molecule has 0 aliphatic heterocycles. The fourth-order valence-electron chi connectivity index (χ4n) is 4.38. The number of amides is 2. The van der Waals surface area contributed by atoms with E-state index < -0.39 is 28.5 Å². The van der Waals surface area contributed by atoms with Crippen LogP contribution in [0.3, 0.4) is 0 Å². The van der Waals surface area contributed by atoms with Crippen LogP contribution in [0, 0.1) is 6.92 Å². The van der Waals surface area contributed by atoms with Crippen molar-refractivity contribution in [2.75, 3.05) is 17.5 Å². The fraction of sp³-hybridized carbons (Fsp3) is 0.375. The van der Waals surface area contributed by atoms with Crippen molar-refractivity contribution in [3.8, 4) is 5.75 Å². The maximum Gasteiger partial charge on any atom is 0.264 e. The molecule has 0 unspecified atom stereocenters. The summed E-state index contributed by atoms with van der Waals surface area (Å²) in [7, 11) is -4.15. The van der Waals surface area contributed by atoms with Crippen LogP contribution in [0.4, 0.5) is 5.69 Å². The third-order valence-electron chi connectivity index (χ3n) is 6.91. The summed E-state index contributed by atoms with van der Waals surface area (Å²) >= 11 is 0. The largest absolute Gasteiger partial charge is 0.494 e. The van der Waals surface area contributed by atoms with Crippen LogP contribution in [0.2, 0.25) is 0 Å². The first kappa shape index (κ1) is 31.7. The van der Waals surface area contributed by atoms with E-state index in [2.05, 4.69) is 5.32 Å². The van der Waals surface area contributed by atoms with Gasteiger partial charge in [0, 0.05) is 12.6 Å². The molecule has 3 aromatic rings. The van der Waals surface area contributed by atoms with Crippen molar-refractivity contribution < 1.29 is 22.7 Å². The van der Waals surface area contributed by atoms with Gasteiger partial charge >= 0.3 is 0 Å². The van der Waals surface area contributed by atoms with Crippen molar-refractivity contribution in [1.82, 2.24) is 10.2 Å². The standard InChI is InChI=1S/C32H41N3O5S/c1-6-25(5)33-32(37)30(7-2)34(22-26-12-10-9-11-13-26)31(36)23-35(27-16-14-24(4)15-17-27)41(38,39)29-20-18-28(19-21-29)40-8-3/h9-21,25,30H,6-8,22-23H2,1-5H3,(H,33,37)/t25-,30-/m0/s1. The van der Waals surface area contributed by atoms with Crippen molar-refractivity contribution in [3.63, 3.8) is 0 Å². The molecule has 0 spiro atoms. The number of sulfonamides is 1. The summed E-state index contributed by atoms with van der Waals surface area (Å²) in [6.07, 6.45) is 1.12. The van der Waals surface area contributed by atoms with E-state index >= 15 is 0 Å². The third kappa shape index (κ3) is 8.33. The number of nitrogens with zero attached hydrogens (tertiary/aromatic N) is 2. The number of aryl methyl sites for hydroxylation is 1. The van der Waals surface area contributed by atoms with E-state index in [1.54, 1.807) is 36.4 Å². The number of carbonyl (C=O) groups is 2. The molecule has 1 N–H and O–H groups in total. The predicted molar refractivity (Wildman–Crippen MR) is 162 cm³/mol. The summed E-state index contributed by atoms with van der Waals surface area (Å²) < 4.78 is 34.6. The Labute approximate surface area is 244 Å². The van der Waals surface area contributed by atoms with Gasteiger partial charge in [0.25, 0.3) is 10.0 Å². The first-order chi connectivity index (χ1) is 19.6. The van der Waals surface area contributed by atoms with Gasteiger partial charge in [0.1, 0.15) is 18.3 Å². The monoisotopic (exact) mass is 579 g/mol. The molecule has 0 radical (unpaired) electrons. The zero-order chi connectivity index (χ0) is 30.0. The average molecular weight is 580 g/mol. The second-order valence-electron chi connectivity index (χ2n) is 10.0. The molecule has 2 amide bonds. The van der Waals surface area contributed by atoms with Crippen molar-refractivity contribution in [2.45, 2.75) is 71.0 Å². The maximum absolute atomic E-state index is 14.1. The normalized spacial score (nSPS) is 12.7. The van der Waals surface area contributed by atoms with E-state index in [0.717, 1.165) is 21.9 Å². The minimum atomic E-state index is -4.15. The molecule has 0 aromatic heterocycles. The Bertz CT molecular complexity index is 1380. The number of carbonyl (C=O) groups excluding carboxylic acids is 2. The van der Waals surface area contributed by atoms with Gasteiger partial charge in [0.05, 0.1) is 17.2 Å². The minimum Gasteiger partial charge on any atom is -0.494 e. The van der Waals surface area contributed by atoms with E-state index in [1.807, 2.05) is 65.0 Å². The average Bonchev–Trinajstić information content (AvgIpc) is 2.97. The summed E-state index contributed by atoms with van der Waals surface area (Å²) in [4.78, 5) is 28.9. The molecule has 0 saturated carbocycles. The number of hydrogen-bond donors (Lipinski definition) is 1. The molecule has 0 bridgehead atoms. The van der Waals surface area contributed by atoms with Crippen molar-refractivity contribution >= 4 is 27.5 Å². The molecule has 0 saturated heterocycles. The molecule has 3 rings (SSSR count). The van der Waals surface area contributed by atoms with Crippen LogP contribution in [0.5, 0.6) is 5.75 Å². The van der Waals surface area contributed by atoms with Gasteiger partial charge in [-0.3, -0.25) is 13.9 Å². The topological polar surface area (TPSA) is 96.0 Å². The summed E-state index contributed by atoms with van der Waals surface area (Å²) in [6.45, 7) is 9.64. The molecule has 0 heterocycles. The summed E-state index contributed by atoms with van der Waals surface area (Å²) in [5.41, 5.74) is 2.15. The molecule has 8 nitrogen and oxygen atoms in total. The first-order valence-corrected chi connectivity index (χ1v) is 15.5. The maximum atomic E-state index is 14.1. The van der Waals surface area contributed by atoms with Crippen LogP contribution in [0.15, 0.2) is 83.8 Å². The number of benzene rings is 3. The Morgan fingerprint density at radius 3 is 2.07 bits per heavy atom. The van der Waals surface area contributed by atoms with Crippen LogP contribution < -0.4 is 14.4 Å². The molecule has 3 aromatic carbocycles. The van der Waals surface area contributed by atoms with Crippen LogP contribution in [0.1, 0.15) is 51.7 Å². The number of hydrogen-bond acceptors (Lipinski definition) is 5. The van der Waals surface area contributed by atoms with Crippen LogP contribution >= 0.6 is 0 Å². The highest BCUT2D eigenvalue weighted by molar-refractivity contribution is 7.92. The van der Waals surface area contributed by atoms with Gasteiger partial charge in [0.15, 0.2) is 0 Å². The molecular weight excluding hydrogens is 538 g/mol. The van der Waals surface area contributed by atoms with Crippen LogP contribution in [-0.2, 0) is 26.2 Å². The number of nitrogens with one attached hydrogen (secondary N) is 1. The van der Waals surface area contributed by atoms with Crippen molar-refractivity contribution in [1.29, 1.82) is 0 Å². The fourth-order valence-corrected chi connectivity index (χ4v) is 5.80. The van der Waals surface area contributed by atoms with E-state index in [-0.39, 0.29) is 23.4 Å². The zero-order valence-corrected chi connectivity index (χ0v) is 25.4. The zero-order valence-electron chi connectivity index (χ0n) is 24.5. The number of rotatable bonds is 14. The van der Waals surface area contributed by atoms with Gasteiger partial charge in [-0.05, 0) is 75.6 Å². The quantitative estimate of drug-likeness (QED) is 0.279. The molecule has 41 heavy (non-hydrogen) atoms.